The first-order valence-corrected chi connectivity index (χ1v) is 3.98. The second-order valence-corrected chi connectivity index (χ2v) is 3.10. The molecule has 1 aromatic heterocycles. The Kier molecular flexibility index (Phi) is 1.52. The van der Waals surface area contributed by atoms with Crippen molar-refractivity contribution in [1.82, 2.24) is 9.78 Å². The van der Waals surface area contributed by atoms with Gasteiger partial charge in [-0.1, -0.05) is 0 Å². The van der Waals surface area contributed by atoms with Crippen LogP contribution < -0.4 is 5.73 Å². The van der Waals surface area contributed by atoms with E-state index >= 15 is 0 Å². The van der Waals surface area contributed by atoms with Crippen molar-refractivity contribution >= 4 is 16.6 Å². The summed E-state index contributed by atoms with van der Waals surface area (Å²) in [5.74, 6) is -0.393. The normalized spacial score (nSPS) is 11.0. The lowest BCUT2D eigenvalue weighted by atomic mass is 10.2. The van der Waals surface area contributed by atoms with Crippen LogP contribution in [0.2, 0.25) is 0 Å². The number of nitrogen functional groups attached to an aromatic ring is 1. The predicted molar refractivity (Wildman–Crippen MR) is 49.8 cm³/mol. The quantitative estimate of drug-likeness (QED) is 0.624. The molecule has 0 amide bonds. The first kappa shape index (κ1) is 8.04. The topological polar surface area (TPSA) is 43.8 Å². The molecule has 0 saturated carbocycles. The zero-order chi connectivity index (χ0) is 9.59. The highest BCUT2D eigenvalue weighted by Gasteiger charge is 2.08. The van der Waals surface area contributed by atoms with Gasteiger partial charge in [0.15, 0.2) is 0 Å². The molecule has 0 spiro atoms. The van der Waals surface area contributed by atoms with Crippen molar-refractivity contribution in [3.05, 3.63) is 23.6 Å². The molecule has 2 rings (SSSR count). The summed E-state index contributed by atoms with van der Waals surface area (Å²) in [4.78, 5) is 0. The van der Waals surface area contributed by atoms with E-state index in [1.807, 2.05) is 6.92 Å². The number of nitrogens with zero attached hydrogens (tertiary/aromatic N) is 2. The second-order valence-electron chi connectivity index (χ2n) is 3.10. The smallest absolute Gasteiger partial charge is 0.148 e. The standard InChI is InChI=1S/C9H10FN3/c1-5-6-3-8(11)7(10)4-9(6)13(2)12-5/h3-4H,11H2,1-2H3. The van der Waals surface area contributed by atoms with E-state index in [0.717, 1.165) is 16.6 Å². The van der Waals surface area contributed by atoms with Gasteiger partial charge in [-0.05, 0) is 13.0 Å². The lowest BCUT2D eigenvalue weighted by Gasteiger charge is -1.97. The van der Waals surface area contributed by atoms with Crippen molar-refractivity contribution in [3.63, 3.8) is 0 Å². The van der Waals surface area contributed by atoms with Gasteiger partial charge in [0, 0.05) is 18.5 Å². The number of benzene rings is 1. The van der Waals surface area contributed by atoms with Crippen LogP contribution in [0.25, 0.3) is 10.9 Å². The molecule has 1 aromatic carbocycles. The van der Waals surface area contributed by atoms with Gasteiger partial charge in [0.2, 0.25) is 0 Å². The number of nitrogens with two attached hydrogens (primary N) is 1. The van der Waals surface area contributed by atoms with Gasteiger partial charge >= 0.3 is 0 Å². The Hall–Kier alpha value is -1.58. The summed E-state index contributed by atoms with van der Waals surface area (Å²) >= 11 is 0. The molecule has 0 unspecified atom stereocenters. The van der Waals surface area contributed by atoms with Gasteiger partial charge in [-0.2, -0.15) is 5.10 Å². The van der Waals surface area contributed by atoms with E-state index in [2.05, 4.69) is 5.10 Å². The van der Waals surface area contributed by atoms with E-state index < -0.39 is 5.82 Å². The maximum atomic E-state index is 13.1. The second kappa shape index (κ2) is 2.45. The van der Waals surface area contributed by atoms with Crippen LogP contribution in [-0.4, -0.2) is 9.78 Å². The summed E-state index contributed by atoms with van der Waals surface area (Å²) < 4.78 is 14.7. The van der Waals surface area contributed by atoms with Gasteiger partial charge in [-0.25, -0.2) is 4.39 Å². The summed E-state index contributed by atoms with van der Waals surface area (Å²) in [5, 5.41) is 5.07. The predicted octanol–water partition coefficient (Wildman–Crippen LogP) is 1.60. The number of hydrogen-bond donors (Lipinski definition) is 1. The molecule has 4 heteroatoms. The SMILES string of the molecule is Cc1nn(C)c2cc(F)c(N)cc12. The molecule has 1 heterocycles. The van der Waals surface area contributed by atoms with Gasteiger partial charge in [0.25, 0.3) is 0 Å². The third-order valence-corrected chi connectivity index (χ3v) is 2.15. The molecule has 13 heavy (non-hydrogen) atoms. The third kappa shape index (κ3) is 1.06. The van der Waals surface area contributed by atoms with Gasteiger partial charge in [-0.3, -0.25) is 4.68 Å². The highest BCUT2D eigenvalue weighted by molar-refractivity contribution is 5.85. The minimum atomic E-state index is -0.393. The van der Waals surface area contributed by atoms with Crippen molar-refractivity contribution in [3.8, 4) is 0 Å². The molecule has 0 bridgehead atoms. The van der Waals surface area contributed by atoms with Crippen LogP contribution in [-0.2, 0) is 7.05 Å². The highest BCUT2D eigenvalue weighted by Crippen LogP contribution is 2.22. The number of aryl methyl sites for hydroxylation is 2. The van der Waals surface area contributed by atoms with Crippen molar-refractivity contribution in [2.45, 2.75) is 6.92 Å². The Labute approximate surface area is 75.0 Å². The first-order chi connectivity index (χ1) is 6.09. The van der Waals surface area contributed by atoms with Crippen LogP contribution in [0.3, 0.4) is 0 Å². The fourth-order valence-electron chi connectivity index (χ4n) is 1.47. The molecule has 3 nitrogen and oxygen atoms in total. The number of aromatic nitrogens is 2. The minimum absolute atomic E-state index is 0.170. The van der Waals surface area contributed by atoms with E-state index in [4.69, 9.17) is 5.73 Å². The van der Waals surface area contributed by atoms with Crippen molar-refractivity contribution < 1.29 is 4.39 Å². The van der Waals surface area contributed by atoms with E-state index in [9.17, 15) is 4.39 Å². The summed E-state index contributed by atoms with van der Waals surface area (Å²) in [6.45, 7) is 1.87. The van der Waals surface area contributed by atoms with Crippen LogP contribution in [0.15, 0.2) is 12.1 Å². The Balaban J connectivity index is 2.91. The average molecular weight is 179 g/mol. The van der Waals surface area contributed by atoms with Crippen LogP contribution in [0, 0.1) is 12.7 Å². The zero-order valence-electron chi connectivity index (χ0n) is 7.50. The summed E-state index contributed by atoms with van der Waals surface area (Å²) in [5.41, 5.74) is 7.25. The van der Waals surface area contributed by atoms with Crippen molar-refractivity contribution in [2.24, 2.45) is 7.05 Å². The molecular formula is C9H10FN3. The monoisotopic (exact) mass is 179 g/mol. The van der Waals surface area contributed by atoms with Crippen molar-refractivity contribution in [1.29, 1.82) is 0 Å². The number of halogens is 1. The molecule has 2 aromatic rings. The molecule has 2 N–H and O–H groups in total. The highest BCUT2D eigenvalue weighted by atomic mass is 19.1. The molecule has 68 valence electrons. The Bertz CT molecular complexity index is 431. The van der Waals surface area contributed by atoms with Gasteiger partial charge < -0.3 is 5.73 Å². The van der Waals surface area contributed by atoms with Crippen LogP contribution in [0.1, 0.15) is 5.69 Å². The van der Waals surface area contributed by atoms with E-state index in [-0.39, 0.29) is 5.69 Å². The van der Waals surface area contributed by atoms with E-state index in [0.29, 0.717) is 0 Å². The fraction of sp³-hybridized carbons (Fsp3) is 0.222. The summed E-state index contributed by atoms with van der Waals surface area (Å²) in [7, 11) is 1.78. The Morgan fingerprint density at radius 1 is 1.46 bits per heavy atom. The lowest BCUT2D eigenvalue weighted by Crippen LogP contribution is -1.92. The van der Waals surface area contributed by atoms with Gasteiger partial charge in [0.05, 0.1) is 16.9 Å². The largest absolute Gasteiger partial charge is 0.396 e. The molecular weight excluding hydrogens is 169 g/mol. The minimum Gasteiger partial charge on any atom is -0.396 e. The lowest BCUT2D eigenvalue weighted by molar-refractivity contribution is 0.632. The first-order valence-electron chi connectivity index (χ1n) is 3.98. The van der Waals surface area contributed by atoms with Crippen LogP contribution in [0.5, 0.6) is 0 Å². The van der Waals surface area contributed by atoms with Crippen LogP contribution in [0.4, 0.5) is 10.1 Å². The molecule has 0 radical (unpaired) electrons. The van der Waals surface area contributed by atoms with E-state index in [1.54, 1.807) is 17.8 Å². The fourth-order valence-corrected chi connectivity index (χ4v) is 1.47. The number of hydrogen-bond acceptors (Lipinski definition) is 2. The maximum absolute atomic E-state index is 13.1. The Morgan fingerprint density at radius 3 is 2.85 bits per heavy atom. The molecule has 0 atom stereocenters. The van der Waals surface area contributed by atoms with Crippen molar-refractivity contribution in [2.75, 3.05) is 5.73 Å². The number of fused-ring (bicyclic) bond motifs is 1. The molecule has 0 fully saturated rings. The Morgan fingerprint density at radius 2 is 2.15 bits per heavy atom. The van der Waals surface area contributed by atoms with Gasteiger partial charge in [0.1, 0.15) is 5.82 Å². The van der Waals surface area contributed by atoms with E-state index in [1.165, 1.54) is 6.07 Å². The van der Waals surface area contributed by atoms with Gasteiger partial charge in [-0.15, -0.1) is 0 Å². The summed E-state index contributed by atoms with van der Waals surface area (Å²) in [6.07, 6.45) is 0. The average Bonchev–Trinajstić information content (AvgIpc) is 2.31. The molecule has 0 saturated heterocycles. The summed E-state index contributed by atoms with van der Waals surface area (Å²) in [6, 6.07) is 3.03. The zero-order valence-corrected chi connectivity index (χ0v) is 7.50. The molecule has 0 aliphatic carbocycles. The van der Waals surface area contributed by atoms with Crippen LogP contribution >= 0.6 is 0 Å². The molecule has 0 aliphatic heterocycles. The number of anilines is 1. The third-order valence-electron chi connectivity index (χ3n) is 2.15. The number of rotatable bonds is 0. The maximum Gasteiger partial charge on any atom is 0.148 e. The molecule has 0 aliphatic rings.